The number of hydrogen-bond acceptors (Lipinski definition) is 3. The average molecular weight is 222 g/mol. The molecule has 0 aromatic carbocycles. The molecule has 2 heterocycles. The highest BCUT2D eigenvalue weighted by molar-refractivity contribution is 5.16. The number of piperidine rings is 1. The third-order valence-corrected chi connectivity index (χ3v) is 3.58. The average Bonchev–Trinajstić information content (AvgIpc) is 2.62. The van der Waals surface area contributed by atoms with Crippen LogP contribution in [0, 0.1) is 6.92 Å². The van der Waals surface area contributed by atoms with Crippen molar-refractivity contribution in [2.45, 2.75) is 51.9 Å². The van der Waals surface area contributed by atoms with E-state index in [-0.39, 0.29) is 5.41 Å². The quantitative estimate of drug-likeness (QED) is 0.836. The van der Waals surface area contributed by atoms with Gasteiger partial charge in [-0.15, -0.1) is 0 Å². The smallest absolute Gasteiger partial charge is 0.200 e. The maximum absolute atomic E-state index is 5.98. The third kappa shape index (κ3) is 2.01. The van der Waals surface area contributed by atoms with E-state index >= 15 is 0 Å². The lowest BCUT2D eigenvalue weighted by molar-refractivity contribution is 0.261. The van der Waals surface area contributed by atoms with Crippen molar-refractivity contribution in [3.8, 4) is 0 Å². The summed E-state index contributed by atoms with van der Waals surface area (Å²) in [5, 5.41) is 3.38. The summed E-state index contributed by atoms with van der Waals surface area (Å²) < 4.78 is 5.98. The van der Waals surface area contributed by atoms with Crippen LogP contribution in [0.25, 0.3) is 0 Å². The molecule has 1 aliphatic rings. The van der Waals surface area contributed by atoms with E-state index in [4.69, 9.17) is 4.42 Å². The second-order valence-corrected chi connectivity index (χ2v) is 5.43. The highest BCUT2D eigenvalue weighted by Gasteiger charge is 2.34. The van der Waals surface area contributed by atoms with Gasteiger partial charge in [-0.3, -0.25) is 0 Å². The van der Waals surface area contributed by atoms with Crippen molar-refractivity contribution in [1.29, 1.82) is 0 Å². The Morgan fingerprint density at radius 3 is 2.44 bits per heavy atom. The van der Waals surface area contributed by atoms with Gasteiger partial charge >= 0.3 is 0 Å². The van der Waals surface area contributed by atoms with Gasteiger partial charge in [0.2, 0.25) is 5.89 Å². The third-order valence-electron chi connectivity index (χ3n) is 3.58. The monoisotopic (exact) mass is 222 g/mol. The fourth-order valence-electron chi connectivity index (χ4n) is 2.39. The molecular formula is C13H22N2O. The molecule has 3 nitrogen and oxygen atoms in total. The summed E-state index contributed by atoms with van der Waals surface area (Å²) >= 11 is 0. The summed E-state index contributed by atoms with van der Waals surface area (Å²) in [7, 11) is 0. The first-order chi connectivity index (χ1) is 7.53. The number of nitrogens with one attached hydrogen (secondary N) is 1. The Bertz CT molecular complexity index is 362. The van der Waals surface area contributed by atoms with Crippen molar-refractivity contribution in [3.05, 3.63) is 17.3 Å². The van der Waals surface area contributed by atoms with E-state index in [0.717, 1.165) is 43.3 Å². The molecule has 0 saturated carbocycles. The van der Waals surface area contributed by atoms with Gasteiger partial charge in [0.05, 0.1) is 5.69 Å². The molecular weight excluding hydrogens is 200 g/mol. The molecule has 2 rings (SSSR count). The first-order valence-corrected chi connectivity index (χ1v) is 6.21. The Labute approximate surface area is 97.6 Å². The van der Waals surface area contributed by atoms with E-state index < -0.39 is 0 Å². The first kappa shape index (κ1) is 11.6. The second-order valence-electron chi connectivity index (χ2n) is 5.43. The molecule has 0 radical (unpaired) electrons. The van der Waals surface area contributed by atoms with Crippen LogP contribution in [-0.2, 0) is 5.41 Å². The number of oxazole rings is 1. The topological polar surface area (TPSA) is 38.1 Å². The van der Waals surface area contributed by atoms with Crippen LogP contribution in [-0.4, -0.2) is 18.1 Å². The lowest BCUT2D eigenvalue weighted by Gasteiger charge is -2.30. The van der Waals surface area contributed by atoms with Crippen LogP contribution in [0.5, 0.6) is 0 Å². The minimum absolute atomic E-state index is 0.128. The van der Waals surface area contributed by atoms with Crippen molar-refractivity contribution < 1.29 is 4.42 Å². The zero-order valence-electron chi connectivity index (χ0n) is 10.8. The van der Waals surface area contributed by atoms with Crippen molar-refractivity contribution >= 4 is 0 Å². The molecule has 1 aromatic heterocycles. The molecule has 1 aliphatic heterocycles. The fraction of sp³-hybridized carbons (Fsp3) is 0.769. The molecule has 3 heteroatoms. The van der Waals surface area contributed by atoms with Crippen LogP contribution < -0.4 is 5.32 Å². The van der Waals surface area contributed by atoms with E-state index in [1.165, 1.54) is 0 Å². The van der Waals surface area contributed by atoms with Crippen LogP contribution in [0.3, 0.4) is 0 Å². The summed E-state index contributed by atoms with van der Waals surface area (Å²) in [6, 6.07) is 0. The normalized spacial score (nSPS) is 20.3. The minimum Gasteiger partial charge on any atom is -0.445 e. The van der Waals surface area contributed by atoms with Gasteiger partial charge in [0.15, 0.2) is 0 Å². The molecule has 0 unspecified atom stereocenters. The Kier molecular flexibility index (Phi) is 3.06. The summed E-state index contributed by atoms with van der Waals surface area (Å²) in [5.41, 5.74) is 1.19. The molecule has 0 atom stereocenters. The standard InChI is InChI=1S/C13H22N2O/c1-9(2)11-10(3)15-12(16-11)13(4)5-7-14-8-6-13/h9,14H,5-8H2,1-4H3. The molecule has 0 aliphatic carbocycles. The summed E-state index contributed by atoms with van der Waals surface area (Å²) in [6.07, 6.45) is 2.23. The Balaban J connectivity index is 2.29. The van der Waals surface area contributed by atoms with Gasteiger partial charge in [-0.2, -0.15) is 0 Å². The van der Waals surface area contributed by atoms with Crippen LogP contribution in [0.2, 0.25) is 0 Å². The predicted octanol–water partition coefficient (Wildman–Crippen LogP) is 2.75. The van der Waals surface area contributed by atoms with Gasteiger partial charge in [-0.05, 0) is 32.9 Å². The van der Waals surface area contributed by atoms with Crippen LogP contribution in [0.15, 0.2) is 4.42 Å². The zero-order valence-corrected chi connectivity index (χ0v) is 10.8. The highest BCUT2D eigenvalue weighted by atomic mass is 16.4. The number of aromatic nitrogens is 1. The van der Waals surface area contributed by atoms with Gasteiger partial charge in [-0.1, -0.05) is 20.8 Å². The number of nitrogens with zero attached hydrogens (tertiary/aromatic N) is 1. The molecule has 0 spiro atoms. The SMILES string of the molecule is Cc1nc(C2(C)CCNCC2)oc1C(C)C. The summed E-state index contributed by atoms with van der Waals surface area (Å²) in [5.74, 6) is 2.41. The van der Waals surface area contributed by atoms with E-state index in [9.17, 15) is 0 Å². The zero-order chi connectivity index (χ0) is 11.8. The molecule has 1 saturated heterocycles. The van der Waals surface area contributed by atoms with Gasteiger partial charge in [0.1, 0.15) is 5.76 Å². The summed E-state index contributed by atoms with van der Waals surface area (Å²) in [6.45, 7) is 10.8. The lowest BCUT2D eigenvalue weighted by atomic mass is 9.81. The number of aryl methyl sites for hydroxylation is 1. The summed E-state index contributed by atoms with van der Waals surface area (Å²) in [4.78, 5) is 4.63. The van der Waals surface area contributed by atoms with Crippen molar-refractivity contribution in [2.24, 2.45) is 0 Å². The Hall–Kier alpha value is -0.830. The van der Waals surface area contributed by atoms with Gasteiger partial charge < -0.3 is 9.73 Å². The van der Waals surface area contributed by atoms with Crippen LogP contribution in [0.1, 0.15) is 56.9 Å². The highest BCUT2D eigenvalue weighted by Crippen LogP contribution is 2.34. The van der Waals surface area contributed by atoms with E-state index in [2.05, 4.69) is 31.1 Å². The molecule has 0 bridgehead atoms. The minimum atomic E-state index is 0.128. The fourth-order valence-corrected chi connectivity index (χ4v) is 2.39. The maximum atomic E-state index is 5.98. The Morgan fingerprint density at radius 1 is 1.31 bits per heavy atom. The van der Waals surface area contributed by atoms with Crippen LogP contribution in [0.4, 0.5) is 0 Å². The van der Waals surface area contributed by atoms with E-state index in [1.54, 1.807) is 0 Å². The van der Waals surface area contributed by atoms with Crippen molar-refractivity contribution in [1.82, 2.24) is 10.3 Å². The number of hydrogen-bond donors (Lipinski definition) is 1. The van der Waals surface area contributed by atoms with Gasteiger partial charge in [0, 0.05) is 11.3 Å². The Morgan fingerprint density at radius 2 is 1.94 bits per heavy atom. The van der Waals surface area contributed by atoms with Crippen molar-refractivity contribution in [2.75, 3.05) is 13.1 Å². The lowest BCUT2D eigenvalue weighted by Crippen LogP contribution is -2.37. The van der Waals surface area contributed by atoms with Crippen molar-refractivity contribution in [3.63, 3.8) is 0 Å². The molecule has 90 valence electrons. The first-order valence-electron chi connectivity index (χ1n) is 6.21. The van der Waals surface area contributed by atoms with Gasteiger partial charge in [0.25, 0.3) is 0 Å². The number of rotatable bonds is 2. The van der Waals surface area contributed by atoms with Crippen LogP contribution >= 0.6 is 0 Å². The largest absolute Gasteiger partial charge is 0.445 e. The van der Waals surface area contributed by atoms with E-state index in [1.807, 2.05) is 6.92 Å². The molecule has 16 heavy (non-hydrogen) atoms. The maximum Gasteiger partial charge on any atom is 0.200 e. The molecule has 0 amide bonds. The predicted molar refractivity (Wildman–Crippen MR) is 64.8 cm³/mol. The molecule has 1 fully saturated rings. The van der Waals surface area contributed by atoms with E-state index in [0.29, 0.717) is 5.92 Å². The van der Waals surface area contributed by atoms with Gasteiger partial charge in [-0.25, -0.2) is 4.98 Å². The molecule has 1 N–H and O–H groups in total. The second kappa shape index (κ2) is 4.21. The molecule has 1 aromatic rings.